The van der Waals surface area contributed by atoms with E-state index in [9.17, 15) is 4.79 Å². The molecule has 0 radical (unpaired) electrons. The third-order valence-corrected chi connectivity index (χ3v) is 5.96. The van der Waals surface area contributed by atoms with Gasteiger partial charge in [-0.05, 0) is 49.6 Å². The van der Waals surface area contributed by atoms with Gasteiger partial charge in [0, 0.05) is 37.7 Å². The second-order valence-electron chi connectivity index (χ2n) is 8.02. The van der Waals surface area contributed by atoms with Gasteiger partial charge < -0.3 is 14.6 Å². The van der Waals surface area contributed by atoms with Gasteiger partial charge in [0.15, 0.2) is 0 Å². The standard InChI is InChI=1S/C22H28N4O2/c1-28-20-5-2-4-18(12-20)14-25-10-3-8-22(15-25)9-11-26(16-22)21(27)7-6-19-13-23-17-24-19/h2,4-7,12-13,17H,3,8-11,14-16H2,1H3,(H,23,24). The predicted molar refractivity (Wildman–Crippen MR) is 109 cm³/mol. The Kier molecular flexibility index (Phi) is 5.48. The third kappa shape index (κ3) is 4.28. The van der Waals surface area contributed by atoms with Crippen LogP contribution in [0.1, 0.15) is 30.5 Å². The lowest BCUT2D eigenvalue weighted by Gasteiger charge is -2.40. The SMILES string of the molecule is COc1cccc(CN2CCCC3(CCN(C(=O)C=Cc4cnc[nH]4)C3)C2)c1. The number of aromatic amines is 1. The maximum atomic E-state index is 12.6. The number of imidazole rings is 1. The molecule has 1 amide bonds. The highest BCUT2D eigenvalue weighted by Gasteiger charge is 2.42. The van der Waals surface area contributed by atoms with Crippen molar-refractivity contribution < 1.29 is 9.53 Å². The first-order valence-corrected chi connectivity index (χ1v) is 9.96. The van der Waals surface area contributed by atoms with Crippen molar-refractivity contribution in [1.82, 2.24) is 19.8 Å². The van der Waals surface area contributed by atoms with Gasteiger partial charge in [0.1, 0.15) is 5.75 Å². The summed E-state index contributed by atoms with van der Waals surface area (Å²) in [6.45, 7) is 4.81. The number of ether oxygens (including phenoxy) is 1. The number of aromatic nitrogens is 2. The van der Waals surface area contributed by atoms with Crippen LogP contribution in [0, 0.1) is 5.41 Å². The van der Waals surface area contributed by atoms with Gasteiger partial charge in [-0.15, -0.1) is 0 Å². The number of likely N-dealkylation sites (tertiary alicyclic amines) is 2. The minimum Gasteiger partial charge on any atom is -0.497 e. The fourth-order valence-electron chi connectivity index (χ4n) is 4.55. The van der Waals surface area contributed by atoms with Crippen molar-refractivity contribution in [2.24, 2.45) is 5.41 Å². The number of nitrogens with zero attached hydrogens (tertiary/aromatic N) is 3. The van der Waals surface area contributed by atoms with E-state index < -0.39 is 0 Å². The topological polar surface area (TPSA) is 61.5 Å². The van der Waals surface area contributed by atoms with Gasteiger partial charge in [-0.3, -0.25) is 9.69 Å². The van der Waals surface area contributed by atoms with Gasteiger partial charge in [-0.2, -0.15) is 0 Å². The molecular weight excluding hydrogens is 352 g/mol. The Morgan fingerprint density at radius 2 is 2.25 bits per heavy atom. The summed E-state index contributed by atoms with van der Waals surface area (Å²) < 4.78 is 5.35. The van der Waals surface area contributed by atoms with Crippen LogP contribution < -0.4 is 4.74 Å². The molecule has 1 atom stereocenters. The van der Waals surface area contributed by atoms with Gasteiger partial charge >= 0.3 is 0 Å². The molecule has 1 aromatic heterocycles. The highest BCUT2D eigenvalue weighted by atomic mass is 16.5. The Morgan fingerprint density at radius 3 is 3.07 bits per heavy atom. The number of H-pyrrole nitrogens is 1. The Morgan fingerprint density at radius 1 is 1.32 bits per heavy atom. The lowest BCUT2D eigenvalue weighted by molar-refractivity contribution is -0.125. The first-order chi connectivity index (χ1) is 13.7. The van der Waals surface area contributed by atoms with E-state index in [0.29, 0.717) is 0 Å². The minimum absolute atomic E-state index is 0.0939. The number of hydrogen-bond donors (Lipinski definition) is 1. The number of carbonyl (C=O) groups is 1. The van der Waals surface area contributed by atoms with Crippen molar-refractivity contribution in [2.45, 2.75) is 25.8 Å². The number of nitrogens with one attached hydrogen (secondary N) is 1. The van der Waals surface area contributed by atoms with Crippen LogP contribution in [-0.2, 0) is 11.3 Å². The van der Waals surface area contributed by atoms with Crippen LogP contribution in [-0.4, -0.2) is 59.0 Å². The Balaban J connectivity index is 1.36. The quantitative estimate of drug-likeness (QED) is 0.810. The fourth-order valence-corrected chi connectivity index (χ4v) is 4.55. The summed E-state index contributed by atoms with van der Waals surface area (Å²) in [5, 5.41) is 0. The number of methoxy groups -OCH3 is 1. The van der Waals surface area contributed by atoms with Crippen molar-refractivity contribution in [3.63, 3.8) is 0 Å². The van der Waals surface area contributed by atoms with Crippen molar-refractivity contribution in [2.75, 3.05) is 33.3 Å². The average molecular weight is 380 g/mol. The van der Waals surface area contributed by atoms with Gasteiger partial charge in [-0.1, -0.05) is 12.1 Å². The van der Waals surface area contributed by atoms with Crippen LogP contribution in [0.5, 0.6) is 5.75 Å². The van der Waals surface area contributed by atoms with E-state index in [2.05, 4.69) is 33.1 Å². The molecule has 0 bridgehead atoms. The van der Waals surface area contributed by atoms with Gasteiger partial charge in [0.05, 0.1) is 25.3 Å². The average Bonchev–Trinajstić information content (AvgIpc) is 3.37. The van der Waals surface area contributed by atoms with Gasteiger partial charge in [0.25, 0.3) is 0 Å². The molecule has 1 aromatic carbocycles. The number of piperidine rings is 1. The second kappa shape index (κ2) is 8.19. The van der Waals surface area contributed by atoms with Crippen molar-refractivity contribution in [3.05, 3.63) is 54.1 Å². The van der Waals surface area contributed by atoms with Crippen LogP contribution >= 0.6 is 0 Å². The maximum absolute atomic E-state index is 12.6. The van der Waals surface area contributed by atoms with Crippen LogP contribution in [0.3, 0.4) is 0 Å². The molecule has 1 spiro atoms. The monoisotopic (exact) mass is 380 g/mol. The van der Waals surface area contributed by atoms with Crippen molar-refractivity contribution in [3.8, 4) is 5.75 Å². The number of carbonyl (C=O) groups excluding carboxylic acids is 1. The summed E-state index contributed by atoms with van der Waals surface area (Å²) in [7, 11) is 1.71. The summed E-state index contributed by atoms with van der Waals surface area (Å²) in [5.74, 6) is 1.00. The highest BCUT2D eigenvalue weighted by Crippen LogP contribution is 2.39. The minimum atomic E-state index is 0.0939. The number of hydrogen-bond acceptors (Lipinski definition) is 4. The zero-order chi connectivity index (χ0) is 19.4. The molecule has 4 rings (SSSR count). The zero-order valence-corrected chi connectivity index (χ0v) is 16.4. The lowest BCUT2D eigenvalue weighted by Crippen LogP contribution is -2.44. The number of amides is 1. The zero-order valence-electron chi connectivity index (χ0n) is 16.4. The van der Waals surface area contributed by atoms with E-state index in [1.54, 1.807) is 31.8 Å². The van der Waals surface area contributed by atoms with Crippen molar-refractivity contribution in [1.29, 1.82) is 0 Å². The van der Waals surface area contributed by atoms with E-state index in [1.807, 2.05) is 11.0 Å². The summed E-state index contributed by atoms with van der Waals surface area (Å²) >= 11 is 0. The first-order valence-electron chi connectivity index (χ1n) is 9.96. The lowest BCUT2D eigenvalue weighted by atomic mass is 9.79. The Labute approximate surface area is 166 Å². The molecule has 2 fully saturated rings. The number of benzene rings is 1. The van der Waals surface area contributed by atoms with E-state index >= 15 is 0 Å². The molecule has 0 aliphatic carbocycles. The molecule has 2 saturated heterocycles. The van der Waals surface area contributed by atoms with Crippen LogP contribution in [0.15, 0.2) is 42.9 Å². The third-order valence-electron chi connectivity index (χ3n) is 5.96. The second-order valence-corrected chi connectivity index (χ2v) is 8.02. The van der Waals surface area contributed by atoms with Crippen LogP contribution in [0.2, 0.25) is 0 Å². The highest BCUT2D eigenvalue weighted by molar-refractivity contribution is 5.91. The van der Waals surface area contributed by atoms with E-state index in [1.165, 1.54) is 18.4 Å². The summed E-state index contributed by atoms with van der Waals surface area (Å²) in [6, 6.07) is 8.31. The summed E-state index contributed by atoms with van der Waals surface area (Å²) in [6.07, 6.45) is 10.3. The number of rotatable bonds is 5. The smallest absolute Gasteiger partial charge is 0.246 e. The molecule has 1 N–H and O–H groups in total. The fraction of sp³-hybridized carbons (Fsp3) is 0.455. The predicted octanol–water partition coefficient (Wildman–Crippen LogP) is 2.95. The Hall–Kier alpha value is -2.60. The molecule has 3 heterocycles. The van der Waals surface area contributed by atoms with Gasteiger partial charge in [0.2, 0.25) is 5.91 Å². The maximum Gasteiger partial charge on any atom is 0.246 e. The summed E-state index contributed by atoms with van der Waals surface area (Å²) in [4.78, 5) is 24.1. The first kappa shape index (κ1) is 18.7. The van der Waals surface area contributed by atoms with Crippen LogP contribution in [0.25, 0.3) is 6.08 Å². The normalized spacial score (nSPS) is 23.0. The molecule has 6 nitrogen and oxygen atoms in total. The van der Waals surface area contributed by atoms with E-state index in [4.69, 9.17) is 4.74 Å². The molecule has 28 heavy (non-hydrogen) atoms. The van der Waals surface area contributed by atoms with E-state index in [0.717, 1.165) is 50.6 Å². The van der Waals surface area contributed by atoms with Gasteiger partial charge in [-0.25, -0.2) is 4.98 Å². The molecule has 6 heteroatoms. The molecule has 2 aliphatic heterocycles. The molecular formula is C22H28N4O2. The van der Waals surface area contributed by atoms with Crippen molar-refractivity contribution >= 4 is 12.0 Å². The summed E-state index contributed by atoms with van der Waals surface area (Å²) in [5.41, 5.74) is 2.36. The molecule has 148 valence electrons. The largest absolute Gasteiger partial charge is 0.497 e. The Bertz CT molecular complexity index is 833. The van der Waals surface area contributed by atoms with E-state index in [-0.39, 0.29) is 11.3 Å². The molecule has 2 aromatic rings. The molecule has 2 aliphatic rings. The van der Waals surface area contributed by atoms with Crippen LogP contribution in [0.4, 0.5) is 0 Å². The molecule has 0 saturated carbocycles. The molecule has 1 unspecified atom stereocenters.